The molecule has 0 aliphatic rings. The zero-order chi connectivity index (χ0) is 3.41. The summed E-state index contributed by atoms with van der Waals surface area (Å²) in [5.74, 6) is 0. The summed E-state index contributed by atoms with van der Waals surface area (Å²) in [5, 5.41) is 0. The molecule has 0 amide bonds. The molecule has 0 saturated carbocycles. The standard InChI is InChI=1S/CHBI2/c3-1-2-4/h1H. The van der Waals surface area contributed by atoms with Crippen LogP contribution in [0.25, 0.3) is 0 Å². The summed E-state index contributed by atoms with van der Waals surface area (Å²) >= 11 is 4.33. The van der Waals surface area contributed by atoms with Crippen molar-refractivity contribution < 1.29 is 0 Å². The third kappa shape index (κ3) is 3.39. The predicted octanol–water partition coefficient (Wildman–Crippen LogP) is 1.24. The number of rotatable bonds is 0. The van der Waals surface area contributed by atoms with Gasteiger partial charge in [-0.15, -0.1) is 0 Å². The third-order valence-electron chi connectivity index (χ3n) is 0.0476. The third-order valence-corrected chi connectivity index (χ3v) is 2.14. The van der Waals surface area contributed by atoms with E-state index in [0.717, 1.165) is 0 Å². The van der Waals surface area contributed by atoms with E-state index in [2.05, 4.69) is 45.0 Å². The molecule has 0 atom stereocenters. The summed E-state index contributed by atoms with van der Waals surface area (Å²) in [7, 11) is 0. The van der Waals surface area contributed by atoms with E-state index in [0.29, 0.717) is 0 Å². The molecule has 0 spiro atoms. The molecular weight excluding hydrogens is 277 g/mol. The van der Waals surface area contributed by atoms with Gasteiger partial charge in [-0.25, -0.2) is 0 Å². The van der Waals surface area contributed by atoms with Crippen LogP contribution in [0.5, 0.6) is 0 Å². The van der Waals surface area contributed by atoms with Gasteiger partial charge in [-0.1, -0.05) is 0 Å². The van der Waals surface area contributed by atoms with Crippen LogP contribution in [0.15, 0.2) is 0 Å². The normalized spacial score (nSPS) is 7.50. The van der Waals surface area contributed by atoms with Gasteiger partial charge in [0.25, 0.3) is 0 Å². The maximum atomic E-state index is 2.16. The van der Waals surface area contributed by atoms with E-state index in [1.165, 1.54) is 0 Å². The van der Waals surface area contributed by atoms with Crippen molar-refractivity contribution in [1.29, 1.82) is 0 Å². The summed E-state index contributed by atoms with van der Waals surface area (Å²) in [4.78, 5) is 0. The van der Waals surface area contributed by atoms with Crippen molar-refractivity contribution in [2.75, 3.05) is 0 Å². The van der Waals surface area contributed by atoms with Gasteiger partial charge in [0.15, 0.2) is 0 Å². The van der Waals surface area contributed by atoms with Crippen molar-refractivity contribution in [2.45, 2.75) is 0 Å². The van der Waals surface area contributed by atoms with E-state index in [-0.39, 0.29) is 0 Å². The van der Waals surface area contributed by atoms with Gasteiger partial charge in [0, 0.05) is 0 Å². The Morgan fingerprint density at radius 3 is 2.00 bits per heavy atom. The molecule has 0 aliphatic carbocycles. The first-order valence-electron chi connectivity index (χ1n) is 0.770. The first-order valence-corrected chi connectivity index (χ1v) is 3.26. The molecule has 0 aliphatic heterocycles. The molecular formula is CHBI2. The summed E-state index contributed by atoms with van der Waals surface area (Å²) in [6.45, 7) is 0. The average Bonchev–Trinajstić information content (AvgIpc) is 1.37. The number of hydrogen-bond acceptors (Lipinski definition) is 0. The Balaban J connectivity index is 2.55. The first-order chi connectivity index (χ1) is 1.91. The molecule has 0 unspecified atom stereocenters. The van der Waals surface area contributed by atoms with Gasteiger partial charge in [0.05, 0.1) is 0 Å². The van der Waals surface area contributed by atoms with Gasteiger partial charge < -0.3 is 0 Å². The molecule has 0 nitrogen and oxygen atoms in total. The van der Waals surface area contributed by atoms with Crippen molar-refractivity contribution >= 4 is 53.7 Å². The molecule has 0 bridgehead atoms. The topological polar surface area (TPSA) is 0 Å². The van der Waals surface area contributed by atoms with Crippen LogP contribution in [0.4, 0.5) is 0 Å². The van der Waals surface area contributed by atoms with Gasteiger partial charge >= 0.3 is 53.7 Å². The molecule has 0 saturated heterocycles. The summed E-state index contributed by atoms with van der Waals surface area (Å²) in [6.07, 6.45) is 0. The van der Waals surface area contributed by atoms with Crippen molar-refractivity contribution in [2.24, 2.45) is 0 Å². The SMILES string of the molecule is IB=CI. The Morgan fingerprint density at radius 2 is 2.00 bits per heavy atom. The van der Waals surface area contributed by atoms with Crippen molar-refractivity contribution in [3.05, 3.63) is 0 Å². The first kappa shape index (κ1) is 5.39. The van der Waals surface area contributed by atoms with E-state index in [9.17, 15) is 0 Å². The Hall–Kier alpha value is 1.39. The zero-order valence-electron chi connectivity index (χ0n) is 1.91. The summed E-state index contributed by atoms with van der Waals surface area (Å²) in [5.41, 5.74) is 0. The Morgan fingerprint density at radius 1 is 1.75 bits per heavy atom. The second-order valence-electron chi connectivity index (χ2n) is 0.252. The predicted molar refractivity (Wildman–Crippen MR) is 39.9 cm³/mol. The molecule has 3 heteroatoms. The molecule has 0 N–H and O–H groups in total. The molecule has 0 fully saturated rings. The minimum absolute atomic E-state index is 1.96. The molecule has 0 aromatic carbocycles. The molecule has 0 aromatic rings. The van der Waals surface area contributed by atoms with E-state index in [1.54, 1.807) is 0 Å². The number of halogens is 2. The van der Waals surface area contributed by atoms with Gasteiger partial charge in [0.1, 0.15) is 0 Å². The van der Waals surface area contributed by atoms with E-state index in [1.807, 2.05) is 8.75 Å². The second kappa shape index (κ2) is 4.39. The molecule has 0 heterocycles. The molecule has 0 radical (unpaired) electrons. The fraction of sp³-hybridized carbons (Fsp3) is 0. The van der Waals surface area contributed by atoms with Crippen molar-refractivity contribution in [3.63, 3.8) is 0 Å². The van der Waals surface area contributed by atoms with E-state index >= 15 is 0 Å². The van der Waals surface area contributed by atoms with Crippen LogP contribution in [-0.4, -0.2) is 8.75 Å². The maximum absolute atomic E-state index is 2.16. The monoisotopic (exact) mass is 278 g/mol. The van der Waals surface area contributed by atoms with Crippen molar-refractivity contribution in [1.82, 2.24) is 0 Å². The van der Waals surface area contributed by atoms with Crippen LogP contribution in [0.1, 0.15) is 0 Å². The minimum atomic E-state index is 1.96. The average molecular weight is 278 g/mol. The molecule has 22 valence electrons. The Bertz CT molecular complexity index is 21.2. The number of hydrogen-bond donors (Lipinski definition) is 0. The van der Waals surface area contributed by atoms with Crippen LogP contribution in [0.2, 0.25) is 0 Å². The molecule has 0 rings (SSSR count). The Labute approximate surface area is 53.3 Å². The van der Waals surface area contributed by atoms with Gasteiger partial charge in [-0.2, -0.15) is 0 Å². The summed E-state index contributed by atoms with van der Waals surface area (Å²) < 4.78 is 3.91. The van der Waals surface area contributed by atoms with Crippen LogP contribution in [-0.2, 0) is 0 Å². The second-order valence-corrected chi connectivity index (χ2v) is 1.69. The van der Waals surface area contributed by atoms with Crippen LogP contribution in [0, 0.1) is 0 Å². The quantitative estimate of drug-likeness (QED) is 0.462. The fourth-order valence-electron chi connectivity index (χ4n) is 0. The van der Waals surface area contributed by atoms with Gasteiger partial charge in [-0.05, 0) is 0 Å². The van der Waals surface area contributed by atoms with Crippen LogP contribution >= 0.6 is 45.0 Å². The van der Waals surface area contributed by atoms with Gasteiger partial charge in [0.2, 0.25) is 0 Å². The van der Waals surface area contributed by atoms with E-state index < -0.39 is 0 Å². The molecule has 0 aromatic heterocycles. The van der Waals surface area contributed by atoms with Crippen LogP contribution in [0.3, 0.4) is 0 Å². The zero-order valence-corrected chi connectivity index (χ0v) is 6.23. The van der Waals surface area contributed by atoms with Crippen molar-refractivity contribution in [3.8, 4) is 0 Å². The van der Waals surface area contributed by atoms with Crippen LogP contribution < -0.4 is 0 Å². The van der Waals surface area contributed by atoms with Gasteiger partial charge in [-0.3, -0.25) is 0 Å². The summed E-state index contributed by atoms with van der Waals surface area (Å²) in [6, 6.07) is 0. The van der Waals surface area contributed by atoms with E-state index in [4.69, 9.17) is 0 Å². The fourth-order valence-corrected chi connectivity index (χ4v) is 0. The molecule has 4 heavy (non-hydrogen) atoms. The Kier molecular flexibility index (Phi) is 5.93.